The fourth-order valence-electron chi connectivity index (χ4n) is 1.71. The number of nitrogens with one attached hydrogen (secondary N) is 1. The van der Waals surface area contributed by atoms with E-state index < -0.39 is 12.0 Å². The van der Waals surface area contributed by atoms with E-state index in [1.54, 1.807) is 24.3 Å². The zero-order valence-corrected chi connectivity index (χ0v) is 11.2. The lowest BCUT2D eigenvalue weighted by Gasteiger charge is -2.10. The second kappa shape index (κ2) is 5.88. The van der Waals surface area contributed by atoms with Gasteiger partial charge in [0.2, 0.25) is 5.12 Å². The molecule has 0 aliphatic carbocycles. The molecule has 0 bridgehead atoms. The molecule has 0 aromatic heterocycles. The Bertz CT molecular complexity index is 512. The molecule has 5 nitrogen and oxygen atoms in total. The summed E-state index contributed by atoms with van der Waals surface area (Å²) in [5, 5.41) is 2.69. The number of carbonyl (C=O) groups excluding carboxylic acids is 3. The van der Waals surface area contributed by atoms with Gasteiger partial charge in [0, 0.05) is 18.2 Å². The summed E-state index contributed by atoms with van der Waals surface area (Å²) in [6, 6.07) is 5.80. The Morgan fingerprint density at radius 3 is 2.53 bits per heavy atom. The van der Waals surface area contributed by atoms with E-state index in [1.165, 1.54) is 18.7 Å². The fourth-order valence-corrected chi connectivity index (χ4v) is 2.64. The summed E-state index contributed by atoms with van der Waals surface area (Å²) in [6.45, 7) is 1.31. The van der Waals surface area contributed by atoms with Crippen LogP contribution in [0.1, 0.15) is 23.7 Å². The summed E-state index contributed by atoms with van der Waals surface area (Å²) in [5.41, 5.74) is 0.431. The summed E-state index contributed by atoms with van der Waals surface area (Å²) in [5.74, 6) is 0.423. The van der Waals surface area contributed by atoms with Crippen LogP contribution in [0, 0.1) is 0 Å². The summed E-state index contributed by atoms with van der Waals surface area (Å²) in [6.07, 6.45) is 0.667. The van der Waals surface area contributed by atoms with Crippen molar-refractivity contribution >= 4 is 28.8 Å². The minimum absolute atomic E-state index is 0.00452. The van der Waals surface area contributed by atoms with E-state index in [9.17, 15) is 14.4 Å². The maximum atomic E-state index is 11.9. The van der Waals surface area contributed by atoms with E-state index in [0.29, 0.717) is 17.7 Å². The Labute approximate surface area is 114 Å². The SMILES string of the molecule is CC(=O)Oc1ccc(C(=O)NC2CCSC2=O)cc1. The molecule has 1 unspecified atom stereocenters. The van der Waals surface area contributed by atoms with Crippen molar-refractivity contribution in [2.75, 3.05) is 5.75 Å². The maximum Gasteiger partial charge on any atom is 0.308 e. The van der Waals surface area contributed by atoms with E-state index in [-0.39, 0.29) is 11.0 Å². The fraction of sp³-hybridized carbons (Fsp3) is 0.308. The van der Waals surface area contributed by atoms with Gasteiger partial charge in [-0.3, -0.25) is 14.4 Å². The summed E-state index contributed by atoms with van der Waals surface area (Å²) in [7, 11) is 0. The quantitative estimate of drug-likeness (QED) is 0.668. The average Bonchev–Trinajstić information content (AvgIpc) is 2.75. The van der Waals surface area contributed by atoms with Gasteiger partial charge in [-0.25, -0.2) is 0 Å². The van der Waals surface area contributed by atoms with Gasteiger partial charge in [0.05, 0.1) is 6.04 Å². The lowest BCUT2D eigenvalue weighted by molar-refractivity contribution is -0.131. The second-order valence-electron chi connectivity index (χ2n) is 4.10. The highest BCUT2D eigenvalue weighted by atomic mass is 32.2. The second-order valence-corrected chi connectivity index (χ2v) is 5.20. The van der Waals surface area contributed by atoms with Crippen molar-refractivity contribution in [1.82, 2.24) is 5.32 Å². The summed E-state index contributed by atoms with van der Waals surface area (Å²) < 4.78 is 4.87. The first kappa shape index (κ1) is 13.6. The van der Waals surface area contributed by atoms with Crippen LogP contribution >= 0.6 is 11.8 Å². The number of amides is 1. The molecule has 1 aromatic carbocycles. The molecule has 1 atom stereocenters. The third-order valence-electron chi connectivity index (χ3n) is 2.62. The van der Waals surface area contributed by atoms with Gasteiger partial charge in [-0.05, 0) is 30.7 Å². The number of thioether (sulfide) groups is 1. The highest BCUT2D eigenvalue weighted by Crippen LogP contribution is 2.20. The standard InChI is InChI=1S/C13H13NO4S/c1-8(15)18-10-4-2-9(3-5-10)12(16)14-11-6-7-19-13(11)17/h2-5,11H,6-7H2,1H3,(H,14,16). The van der Waals surface area contributed by atoms with Crippen molar-refractivity contribution in [3.8, 4) is 5.75 Å². The first-order valence-electron chi connectivity index (χ1n) is 5.82. The van der Waals surface area contributed by atoms with Crippen LogP contribution in [0.5, 0.6) is 5.75 Å². The van der Waals surface area contributed by atoms with Gasteiger partial charge in [0.15, 0.2) is 0 Å². The largest absolute Gasteiger partial charge is 0.427 e. The minimum atomic E-state index is -0.411. The van der Waals surface area contributed by atoms with Crippen LogP contribution in [0.25, 0.3) is 0 Å². The van der Waals surface area contributed by atoms with Crippen LogP contribution in [0.15, 0.2) is 24.3 Å². The van der Waals surface area contributed by atoms with Gasteiger partial charge < -0.3 is 10.1 Å². The van der Waals surface area contributed by atoms with E-state index in [4.69, 9.17) is 4.74 Å². The van der Waals surface area contributed by atoms with Crippen molar-refractivity contribution in [2.24, 2.45) is 0 Å². The van der Waals surface area contributed by atoms with Gasteiger partial charge in [0.25, 0.3) is 5.91 Å². The first-order valence-corrected chi connectivity index (χ1v) is 6.81. The number of hydrogen-bond acceptors (Lipinski definition) is 5. The van der Waals surface area contributed by atoms with Crippen LogP contribution in [-0.4, -0.2) is 28.8 Å². The number of carbonyl (C=O) groups is 3. The molecule has 1 N–H and O–H groups in total. The maximum absolute atomic E-state index is 11.9. The van der Waals surface area contributed by atoms with Crippen LogP contribution in [0.2, 0.25) is 0 Å². The zero-order valence-electron chi connectivity index (χ0n) is 10.3. The average molecular weight is 279 g/mol. The van der Waals surface area contributed by atoms with Crippen LogP contribution in [0.4, 0.5) is 0 Å². The predicted octanol–water partition coefficient (Wildman–Crippen LogP) is 1.37. The normalized spacial score (nSPS) is 18.2. The molecule has 100 valence electrons. The molecule has 1 heterocycles. The monoisotopic (exact) mass is 279 g/mol. The third kappa shape index (κ3) is 3.57. The number of esters is 1. The molecule has 2 rings (SSSR count). The smallest absolute Gasteiger partial charge is 0.308 e. The highest BCUT2D eigenvalue weighted by Gasteiger charge is 2.26. The first-order chi connectivity index (χ1) is 9.06. The van der Waals surface area contributed by atoms with E-state index in [1.807, 2.05) is 0 Å². The molecule has 0 spiro atoms. The number of hydrogen-bond donors (Lipinski definition) is 1. The molecule has 19 heavy (non-hydrogen) atoms. The van der Waals surface area contributed by atoms with Gasteiger partial charge in [-0.2, -0.15) is 0 Å². The number of benzene rings is 1. The topological polar surface area (TPSA) is 72.5 Å². The third-order valence-corrected chi connectivity index (χ3v) is 3.63. The Morgan fingerprint density at radius 1 is 1.32 bits per heavy atom. The molecule has 1 aliphatic rings. The van der Waals surface area contributed by atoms with Crippen molar-refractivity contribution in [3.05, 3.63) is 29.8 Å². The molecular formula is C13H13NO4S. The molecule has 1 aliphatic heterocycles. The molecule has 0 saturated carbocycles. The van der Waals surface area contributed by atoms with E-state index >= 15 is 0 Å². The number of ether oxygens (including phenoxy) is 1. The van der Waals surface area contributed by atoms with Crippen molar-refractivity contribution in [3.63, 3.8) is 0 Å². The Morgan fingerprint density at radius 2 is 2.00 bits per heavy atom. The minimum Gasteiger partial charge on any atom is -0.427 e. The van der Waals surface area contributed by atoms with Gasteiger partial charge in [-0.15, -0.1) is 0 Å². The van der Waals surface area contributed by atoms with Crippen molar-refractivity contribution in [1.29, 1.82) is 0 Å². The van der Waals surface area contributed by atoms with E-state index in [2.05, 4.69) is 5.32 Å². The van der Waals surface area contributed by atoms with Crippen LogP contribution < -0.4 is 10.1 Å². The summed E-state index contributed by atoms with van der Waals surface area (Å²) in [4.78, 5) is 34.1. The van der Waals surface area contributed by atoms with Gasteiger partial charge in [-0.1, -0.05) is 11.8 Å². The molecule has 0 radical (unpaired) electrons. The predicted molar refractivity (Wildman–Crippen MR) is 71.1 cm³/mol. The Kier molecular flexibility index (Phi) is 4.21. The van der Waals surface area contributed by atoms with Gasteiger partial charge in [0.1, 0.15) is 5.75 Å². The van der Waals surface area contributed by atoms with E-state index in [0.717, 1.165) is 5.75 Å². The molecule has 1 amide bonds. The molecule has 1 aromatic rings. The highest BCUT2D eigenvalue weighted by molar-refractivity contribution is 8.14. The molecule has 1 fully saturated rings. The van der Waals surface area contributed by atoms with Crippen LogP contribution in [0.3, 0.4) is 0 Å². The lowest BCUT2D eigenvalue weighted by Crippen LogP contribution is -2.37. The molecule has 1 saturated heterocycles. The Hall–Kier alpha value is -1.82. The molecular weight excluding hydrogens is 266 g/mol. The van der Waals surface area contributed by atoms with Gasteiger partial charge >= 0.3 is 5.97 Å². The van der Waals surface area contributed by atoms with Crippen molar-refractivity contribution < 1.29 is 19.1 Å². The number of rotatable bonds is 3. The summed E-state index contributed by atoms with van der Waals surface area (Å²) >= 11 is 1.24. The molecule has 6 heteroatoms. The zero-order chi connectivity index (χ0) is 13.8. The van der Waals surface area contributed by atoms with Crippen LogP contribution in [-0.2, 0) is 9.59 Å². The lowest BCUT2D eigenvalue weighted by atomic mass is 10.2. The Balaban J connectivity index is 1.99. The van der Waals surface area contributed by atoms with Crippen molar-refractivity contribution in [2.45, 2.75) is 19.4 Å².